The summed E-state index contributed by atoms with van der Waals surface area (Å²) >= 11 is 0. The predicted octanol–water partition coefficient (Wildman–Crippen LogP) is 1.03. The number of aliphatic hydroxyl groups is 3. The quantitative estimate of drug-likeness (QED) is 0.590. The highest BCUT2D eigenvalue weighted by Gasteiger charge is 2.83. The average molecular weight is 378 g/mol. The molecule has 4 saturated carbocycles. The Morgan fingerprint density at radius 3 is 2.59 bits per heavy atom. The maximum Gasteiger partial charge on any atom is 0.170 e. The number of carbonyl (C=O) groups excluding carboxylic acids is 1. The number of aliphatic hydroxyl groups excluding tert-OH is 3. The van der Waals surface area contributed by atoms with Gasteiger partial charge in [0.25, 0.3) is 0 Å². The van der Waals surface area contributed by atoms with E-state index in [9.17, 15) is 20.1 Å². The molecule has 0 aromatic rings. The van der Waals surface area contributed by atoms with E-state index < -0.39 is 53.4 Å². The van der Waals surface area contributed by atoms with Crippen molar-refractivity contribution in [3.05, 3.63) is 12.2 Å². The minimum Gasteiger partial charge on any atom is -0.393 e. The van der Waals surface area contributed by atoms with Gasteiger partial charge in [0.05, 0.1) is 35.2 Å². The third-order valence-corrected chi connectivity index (χ3v) is 9.02. The summed E-state index contributed by atoms with van der Waals surface area (Å²) < 4.78 is 12.0. The normalized spacial score (nSPS) is 58.1. The van der Waals surface area contributed by atoms with Crippen molar-refractivity contribution in [2.24, 2.45) is 34.0 Å². The van der Waals surface area contributed by atoms with Gasteiger partial charge in [-0.15, -0.1) is 0 Å². The highest BCUT2D eigenvalue weighted by molar-refractivity contribution is 6.04. The summed E-state index contributed by atoms with van der Waals surface area (Å²) in [6.07, 6.45) is -1.44. The fraction of sp³-hybridized carbons (Fsp3) is 0.857. The van der Waals surface area contributed by atoms with Gasteiger partial charge in [0.1, 0.15) is 0 Å². The van der Waals surface area contributed by atoms with Gasteiger partial charge >= 0.3 is 0 Å². The predicted molar refractivity (Wildman–Crippen MR) is 95.4 cm³/mol. The molecule has 0 amide bonds. The van der Waals surface area contributed by atoms with Gasteiger partial charge in [-0.3, -0.25) is 4.79 Å². The van der Waals surface area contributed by atoms with E-state index in [-0.39, 0.29) is 17.1 Å². The third-order valence-electron chi connectivity index (χ3n) is 9.02. The molecule has 2 saturated heterocycles. The maximum atomic E-state index is 13.4. The molecule has 4 bridgehead atoms. The van der Waals surface area contributed by atoms with E-state index in [0.29, 0.717) is 24.8 Å². The van der Waals surface area contributed by atoms with E-state index in [1.165, 1.54) is 0 Å². The van der Waals surface area contributed by atoms with Crippen molar-refractivity contribution in [2.45, 2.75) is 70.2 Å². The Morgan fingerprint density at radius 1 is 1.22 bits per heavy atom. The fourth-order valence-corrected chi connectivity index (χ4v) is 8.06. The molecule has 27 heavy (non-hydrogen) atoms. The molecule has 6 aliphatic rings. The molecule has 0 aromatic heterocycles. The summed E-state index contributed by atoms with van der Waals surface area (Å²) in [6, 6.07) is 0. The topological polar surface area (TPSA) is 96.2 Å². The second-order valence-electron chi connectivity index (χ2n) is 10.1. The van der Waals surface area contributed by atoms with Crippen molar-refractivity contribution in [1.82, 2.24) is 0 Å². The van der Waals surface area contributed by atoms with Gasteiger partial charge in [0, 0.05) is 18.9 Å². The summed E-state index contributed by atoms with van der Waals surface area (Å²) in [5.41, 5.74) is -1.83. The average Bonchev–Trinajstić information content (AvgIpc) is 2.75. The molecule has 6 fully saturated rings. The molecule has 10 atom stereocenters. The molecule has 2 aliphatic heterocycles. The van der Waals surface area contributed by atoms with E-state index in [1.807, 2.05) is 0 Å². The molecule has 6 heteroatoms. The number of fused-ring (bicyclic) bond motifs is 2. The van der Waals surface area contributed by atoms with Crippen LogP contribution in [-0.4, -0.2) is 58.9 Å². The van der Waals surface area contributed by atoms with Crippen LogP contribution in [0.2, 0.25) is 0 Å². The van der Waals surface area contributed by atoms with Crippen LogP contribution >= 0.6 is 0 Å². The van der Waals surface area contributed by atoms with Gasteiger partial charge in [-0.2, -0.15) is 0 Å². The lowest BCUT2D eigenvalue weighted by Crippen LogP contribution is -2.81. The smallest absolute Gasteiger partial charge is 0.170 e. The van der Waals surface area contributed by atoms with E-state index in [2.05, 4.69) is 20.4 Å². The van der Waals surface area contributed by atoms with Gasteiger partial charge in [-0.05, 0) is 42.6 Å². The van der Waals surface area contributed by atoms with Crippen LogP contribution in [0.3, 0.4) is 0 Å². The second kappa shape index (κ2) is 5.22. The highest BCUT2D eigenvalue weighted by Crippen LogP contribution is 2.75. The van der Waals surface area contributed by atoms with Crippen LogP contribution < -0.4 is 0 Å². The van der Waals surface area contributed by atoms with Crippen LogP contribution in [0.25, 0.3) is 0 Å². The Kier molecular flexibility index (Phi) is 3.53. The van der Waals surface area contributed by atoms with E-state index in [0.717, 1.165) is 6.42 Å². The number of ether oxygens (including phenoxy) is 2. The van der Waals surface area contributed by atoms with Gasteiger partial charge in [0.15, 0.2) is 12.1 Å². The second-order valence-corrected chi connectivity index (χ2v) is 10.1. The molecule has 2 unspecified atom stereocenters. The molecule has 150 valence electrons. The first-order valence-corrected chi connectivity index (χ1v) is 10.1. The summed E-state index contributed by atoms with van der Waals surface area (Å²) in [5, 5.41) is 33.9. The molecule has 0 radical (unpaired) electrons. The Morgan fingerprint density at radius 2 is 1.93 bits per heavy atom. The van der Waals surface area contributed by atoms with Crippen LogP contribution in [0.1, 0.15) is 39.5 Å². The number of methoxy groups -OCH3 is 1. The lowest BCUT2D eigenvalue weighted by atomic mass is 9.36. The van der Waals surface area contributed by atoms with Crippen molar-refractivity contribution in [2.75, 3.05) is 7.11 Å². The first-order valence-electron chi connectivity index (χ1n) is 10.1. The van der Waals surface area contributed by atoms with Crippen molar-refractivity contribution in [1.29, 1.82) is 0 Å². The maximum absolute atomic E-state index is 13.4. The number of hydrogen-bond acceptors (Lipinski definition) is 6. The lowest BCUT2D eigenvalue weighted by Gasteiger charge is -2.73. The molecular weight excluding hydrogens is 348 g/mol. The molecule has 0 aromatic carbocycles. The first kappa shape index (κ1) is 18.3. The van der Waals surface area contributed by atoms with E-state index in [4.69, 9.17) is 9.47 Å². The van der Waals surface area contributed by atoms with Crippen LogP contribution in [-0.2, 0) is 14.3 Å². The summed E-state index contributed by atoms with van der Waals surface area (Å²) in [5.74, 6) is -1.18. The summed E-state index contributed by atoms with van der Waals surface area (Å²) in [4.78, 5) is 13.4. The molecule has 6 nitrogen and oxygen atoms in total. The van der Waals surface area contributed by atoms with E-state index in [1.54, 1.807) is 7.11 Å². The van der Waals surface area contributed by atoms with Gasteiger partial charge in [-0.25, -0.2) is 0 Å². The number of ketones is 1. The number of carbonyl (C=O) groups is 1. The Balaban J connectivity index is 1.79. The largest absolute Gasteiger partial charge is 0.393 e. The lowest BCUT2D eigenvalue weighted by molar-refractivity contribution is -0.415. The number of hydrogen-bond donors (Lipinski definition) is 3. The van der Waals surface area contributed by atoms with Crippen LogP contribution in [0.4, 0.5) is 0 Å². The van der Waals surface area contributed by atoms with Crippen molar-refractivity contribution in [3.8, 4) is 0 Å². The van der Waals surface area contributed by atoms with Crippen LogP contribution in [0.15, 0.2) is 12.2 Å². The van der Waals surface area contributed by atoms with E-state index >= 15 is 0 Å². The molecule has 4 aliphatic carbocycles. The van der Waals surface area contributed by atoms with Crippen molar-refractivity contribution in [3.63, 3.8) is 0 Å². The Hall–Kier alpha value is -0.790. The number of rotatable bonds is 1. The molecule has 6 rings (SSSR count). The van der Waals surface area contributed by atoms with Crippen LogP contribution in [0.5, 0.6) is 0 Å². The minimum absolute atomic E-state index is 0.0353. The van der Waals surface area contributed by atoms with Crippen molar-refractivity contribution < 1.29 is 29.6 Å². The molecule has 3 N–H and O–H groups in total. The highest BCUT2D eigenvalue weighted by atomic mass is 16.7. The summed E-state index contributed by atoms with van der Waals surface area (Å²) in [7, 11) is 1.56. The summed E-state index contributed by atoms with van der Waals surface area (Å²) in [6.45, 7) is 8.33. The SMILES string of the molecule is C=C1C(=O)C23C(O)[C@H]1C[C@H](O)[C@H]2[C@@]12[C@H](OC)O[C@H]3C[C@@H]1C(C)(C)CC[C@H]2O. The zero-order chi connectivity index (χ0) is 19.5. The Labute approximate surface area is 159 Å². The van der Waals surface area contributed by atoms with Crippen molar-refractivity contribution >= 4 is 5.78 Å². The Bertz CT molecular complexity index is 717. The monoisotopic (exact) mass is 378 g/mol. The fourth-order valence-electron chi connectivity index (χ4n) is 8.06. The minimum atomic E-state index is -1.22. The molecule has 2 spiro atoms. The zero-order valence-corrected chi connectivity index (χ0v) is 16.2. The van der Waals surface area contributed by atoms with Gasteiger partial charge in [-0.1, -0.05) is 20.4 Å². The first-order chi connectivity index (χ1) is 12.6. The molecular formula is C21H30O6. The zero-order valence-electron chi connectivity index (χ0n) is 16.2. The molecule has 2 heterocycles. The standard InChI is InChI=1S/C21H30O6/c1-9-10-7-11(22)15-20-12(19(2,3)6-5-13(20)23)8-14(27-18(20)26-4)21(15,16(9)24)17(10)25/h10-15,17-18,22-23,25H,1,5-8H2,2-4H3/t10-,11-,12+,13+,14-,15-,17?,18+,20+,21?/m0/s1. The third kappa shape index (κ3) is 1.71. The van der Waals surface area contributed by atoms with Gasteiger partial charge in [0.2, 0.25) is 0 Å². The van der Waals surface area contributed by atoms with Crippen LogP contribution in [0, 0.1) is 34.0 Å². The number of Topliss-reactive ketones (excluding diaryl/α,β-unsaturated/α-hetero) is 1. The van der Waals surface area contributed by atoms with Gasteiger partial charge < -0.3 is 24.8 Å².